The molecule has 142 valence electrons. The molecule has 1 aliphatic rings. The molecule has 0 saturated heterocycles. The number of oxime groups is 1. The summed E-state index contributed by atoms with van der Waals surface area (Å²) in [5, 5.41) is 6.52. The molecule has 26 heavy (non-hydrogen) atoms. The molecule has 1 aromatic carbocycles. The maximum absolute atomic E-state index is 12.1. The van der Waals surface area contributed by atoms with E-state index in [1.807, 2.05) is 30.3 Å². The van der Waals surface area contributed by atoms with Gasteiger partial charge in [-0.3, -0.25) is 0 Å². The van der Waals surface area contributed by atoms with E-state index in [4.69, 9.17) is 15.3 Å². The van der Waals surface area contributed by atoms with Gasteiger partial charge in [0.2, 0.25) is 0 Å². The van der Waals surface area contributed by atoms with E-state index < -0.39 is 17.7 Å². The average Bonchev–Trinajstić information content (AvgIpc) is 3.00. The summed E-state index contributed by atoms with van der Waals surface area (Å²) >= 11 is 0. The highest BCUT2D eigenvalue weighted by Gasteiger charge is 2.33. The number of ether oxygens (including phenoxy) is 1. The average molecular weight is 361 g/mol. The number of alkyl carbamates (subject to hydrolysis) is 1. The fourth-order valence-electron chi connectivity index (χ4n) is 2.82. The Labute approximate surface area is 153 Å². The van der Waals surface area contributed by atoms with Crippen LogP contribution < -0.4 is 11.1 Å². The van der Waals surface area contributed by atoms with Gasteiger partial charge in [-0.25, -0.2) is 9.59 Å². The monoisotopic (exact) mass is 361 g/mol. The number of carbonyl (C=O) groups excluding carboxylic acids is 2. The summed E-state index contributed by atoms with van der Waals surface area (Å²) in [6, 6.07) is 9.48. The number of amides is 1. The maximum atomic E-state index is 12.1. The lowest BCUT2D eigenvalue weighted by atomic mass is 10.1. The fraction of sp³-hybridized carbons (Fsp3) is 0.526. The van der Waals surface area contributed by atoms with Gasteiger partial charge in [-0.1, -0.05) is 35.5 Å². The van der Waals surface area contributed by atoms with E-state index >= 15 is 0 Å². The number of nitrogens with zero attached hydrogens (tertiary/aromatic N) is 1. The third-order valence-electron chi connectivity index (χ3n) is 3.97. The molecule has 1 amide bonds. The first kappa shape index (κ1) is 19.8. The Kier molecular flexibility index (Phi) is 6.60. The smallest absolute Gasteiger partial charge is 0.407 e. The Morgan fingerprint density at radius 3 is 2.58 bits per heavy atom. The second kappa shape index (κ2) is 8.69. The Hall–Kier alpha value is -2.57. The van der Waals surface area contributed by atoms with Crippen LogP contribution in [-0.2, 0) is 20.8 Å². The zero-order valence-corrected chi connectivity index (χ0v) is 15.5. The molecule has 0 heterocycles. The zero-order chi connectivity index (χ0) is 19.2. The van der Waals surface area contributed by atoms with Gasteiger partial charge in [0.15, 0.2) is 0 Å². The summed E-state index contributed by atoms with van der Waals surface area (Å²) < 4.78 is 5.23. The van der Waals surface area contributed by atoms with Crippen LogP contribution in [0.3, 0.4) is 0 Å². The number of nitrogens with one attached hydrogen (secondary N) is 1. The first-order valence-corrected chi connectivity index (χ1v) is 8.79. The minimum absolute atomic E-state index is 0.104. The van der Waals surface area contributed by atoms with E-state index in [9.17, 15) is 9.59 Å². The van der Waals surface area contributed by atoms with Gasteiger partial charge in [0.25, 0.3) is 0 Å². The molecular formula is C19H27N3O4. The largest absolute Gasteiger partial charge is 0.444 e. The lowest BCUT2D eigenvalue weighted by molar-refractivity contribution is -0.148. The van der Waals surface area contributed by atoms with Gasteiger partial charge in [0.05, 0.1) is 5.92 Å². The minimum atomic E-state index is -0.550. The van der Waals surface area contributed by atoms with Crippen molar-refractivity contribution in [3.05, 3.63) is 35.9 Å². The van der Waals surface area contributed by atoms with E-state index in [1.54, 1.807) is 20.8 Å². The van der Waals surface area contributed by atoms with Gasteiger partial charge in [-0.15, -0.1) is 0 Å². The molecule has 0 spiro atoms. The van der Waals surface area contributed by atoms with Crippen molar-refractivity contribution in [1.29, 1.82) is 0 Å². The second-order valence-corrected chi connectivity index (χ2v) is 7.51. The number of hydrogen-bond acceptors (Lipinski definition) is 5. The summed E-state index contributed by atoms with van der Waals surface area (Å²) in [7, 11) is 0. The molecule has 0 aromatic heterocycles. The molecule has 0 bridgehead atoms. The highest BCUT2D eigenvalue weighted by Crippen LogP contribution is 2.27. The normalized spacial score (nSPS) is 20.5. The molecule has 7 nitrogen and oxygen atoms in total. The number of carbonyl (C=O) groups is 2. The third kappa shape index (κ3) is 6.74. The van der Waals surface area contributed by atoms with Gasteiger partial charge in [0, 0.05) is 12.5 Å². The molecule has 1 fully saturated rings. The predicted octanol–water partition coefficient (Wildman–Crippen LogP) is 2.74. The van der Waals surface area contributed by atoms with Crippen molar-refractivity contribution in [3.63, 3.8) is 0 Å². The number of nitrogens with two attached hydrogens (primary N) is 1. The van der Waals surface area contributed by atoms with Crippen LogP contribution in [0.4, 0.5) is 4.79 Å². The van der Waals surface area contributed by atoms with Crippen LogP contribution in [0.2, 0.25) is 0 Å². The molecule has 1 aromatic rings. The summed E-state index contributed by atoms with van der Waals surface area (Å²) in [5.41, 5.74) is 6.25. The van der Waals surface area contributed by atoms with E-state index in [0.717, 1.165) is 5.56 Å². The third-order valence-corrected chi connectivity index (χ3v) is 3.97. The van der Waals surface area contributed by atoms with Crippen LogP contribution in [0, 0.1) is 5.92 Å². The van der Waals surface area contributed by atoms with Gasteiger partial charge in [-0.2, -0.15) is 0 Å². The first-order chi connectivity index (χ1) is 12.2. The Morgan fingerprint density at radius 2 is 1.92 bits per heavy atom. The quantitative estimate of drug-likeness (QED) is 0.363. The predicted molar refractivity (Wildman–Crippen MR) is 98.4 cm³/mol. The Balaban J connectivity index is 1.76. The van der Waals surface area contributed by atoms with Crippen LogP contribution >= 0.6 is 0 Å². The standard InChI is InChI=1S/C19H27N3O4/c1-19(2,3)25-18(24)21-15-10-9-14(12-15)17(23)26-22-16(20)11-13-7-5-4-6-8-13/h4-8,14-15H,9-12H2,1-3H3,(H2,20,22)(H,21,24). The summed E-state index contributed by atoms with van der Waals surface area (Å²) in [6.45, 7) is 5.41. The lowest BCUT2D eigenvalue weighted by Crippen LogP contribution is -2.38. The van der Waals surface area contributed by atoms with Crippen molar-refractivity contribution in [3.8, 4) is 0 Å². The van der Waals surface area contributed by atoms with Crippen molar-refractivity contribution in [2.75, 3.05) is 0 Å². The van der Waals surface area contributed by atoms with E-state index in [2.05, 4.69) is 10.5 Å². The van der Waals surface area contributed by atoms with E-state index in [1.165, 1.54) is 0 Å². The molecular weight excluding hydrogens is 334 g/mol. The van der Waals surface area contributed by atoms with Crippen LogP contribution in [0.25, 0.3) is 0 Å². The minimum Gasteiger partial charge on any atom is -0.444 e. The maximum Gasteiger partial charge on any atom is 0.407 e. The van der Waals surface area contributed by atoms with Crippen molar-refractivity contribution >= 4 is 17.9 Å². The topological polar surface area (TPSA) is 103 Å². The molecule has 0 radical (unpaired) electrons. The lowest BCUT2D eigenvalue weighted by Gasteiger charge is -2.21. The van der Waals surface area contributed by atoms with E-state index in [0.29, 0.717) is 25.7 Å². The molecule has 1 saturated carbocycles. The highest BCUT2D eigenvalue weighted by atomic mass is 16.7. The number of benzene rings is 1. The van der Waals surface area contributed by atoms with Crippen molar-refractivity contribution in [2.24, 2.45) is 16.8 Å². The zero-order valence-electron chi connectivity index (χ0n) is 15.5. The van der Waals surface area contributed by atoms with Crippen molar-refractivity contribution < 1.29 is 19.2 Å². The van der Waals surface area contributed by atoms with Crippen LogP contribution in [-0.4, -0.2) is 29.5 Å². The molecule has 2 unspecified atom stereocenters. The number of amidine groups is 1. The van der Waals surface area contributed by atoms with Crippen LogP contribution in [0.15, 0.2) is 35.5 Å². The summed E-state index contributed by atoms with van der Waals surface area (Å²) in [5.74, 6) is -0.483. The van der Waals surface area contributed by atoms with Crippen LogP contribution in [0.5, 0.6) is 0 Å². The second-order valence-electron chi connectivity index (χ2n) is 7.51. The SMILES string of the molecule is CC(C)(C)OC(=O)NC1CCC(C(=O)O/N=C(\N)Cc2ccccc2)C1. The first-order valence-electron chi connectivity index (χ1n) is 8.79. The molecule has 0 aliphatic heterocycles. The molecule has 2 atom stereocenters. The molecule has 1 aliphatic carbocycles. The van der Waals surface area contributed by atoms with Crippen LogP contribution in [0.1, 0.15) is 45.6 Å². The van der Waals surface area contributed by atoms with Gasteiger partial charge in [-0.05, 0) is 45.6 Å². The summed E-state index contributed by atoms with van der Waals surface area (Å²) in [4.78, 5) is 28.9. The molecule has 3 N–H and O–H groups in total. The van der Waals surface area contributed by atoms with Gasteiger partial charge in [0.1, 0.15) is 11.4 Å². The molecule has 7 heteroatoms. The Bertz CT molecular complexity index is 652. The number of hydrogen-bond donors (Lipinski definition) is 2. The van der Waals surface area contributed by atoms with Crippen molar-refractivity contribution in [1.82, 2.24) is 5.32 Å². The Morgan fingerprint density at radius 1 is 1.23 bits per heavy atom. The van der Waals surface area contributed by atoms with Gasteiger partial charge < -0.3 is 20.6 Å². The van der Waals surface area contributed by atoms with Gasteiger partial charge >= 0.3 is 12.1 Å². The highest BCUT2D eigenvalue weighted by molar-refractivity contribution is 5.83. The molecule has 2 rings (SSSR count). The number of rotatable bonds is 5. The van der Waals surface area contributed by atoms with Crippen molar-refractivity contribution in [2.45, 2.75) is 58.1 Å². The summed E-state index contributed by atoms with van der Waals surface area (Å²) in [6.07, 6.45) is 1.78. The fourth-order valence-corrected chi connectivity index (χ4v) is 2.82. The van der Waals surface area contributed by atoms with E-state index in [-0.39, 0.29) is 17.8 Å².